The molecule has 0 heterocycles. The fourth-order valence-electron chi connectivity index (χ4n) is 1.25. The van der Waals surface area contributed by atoms with Crippen LogP contribution in [0.25, 0.3) is 0 Å². The van der Waals surface area contributed by atoms with E-state index in [0.717, 1.165) is 0 Å². The number of amides is 1. The van der Waals surface area contributed by atoms with Gasteiger partial charge in [0.05, 0.1) is 5.56 Å². The number of carbonyl (C=O) groups excluding carboxylic acids is 1. The Bertz CT molecular complexity index is 585. The molecule has 2 N–H and O–H groups in total. The van der Waals surface area contributed by atoms with Crippen molar-refractivity contribution in [3.63, 3.8) is 0 Å². The summed E-state index contributed by atoms with van der Waals surface area (Å²) < 4.78 is 85.0. The van der Waals surface area contributed by atoms with Gasteiger partial charge < -0.3 is 15.2 Å². The van der Waals surface area contributed by atoms with Gasteiger partial charge in [-0.25, -0.2) is 8.78 Å². The Morgan fingerprint density at radius 3 is 1.96 bits per heavy atom. The van der Waals surface area contributed by atoms with Crippen molar-refractivity contribution in [1.29, 1.82) is 0 Å². The van der Waals surface area contributed by atoms with Gasteiger partial charge in [0.1, 0.15) is 11.5 Å². The largest absolute Gasteiger partial charge is 0.444 e. The van der Waals surface area contributed by atoms with E-state index in [9.17, 15) is 31.1 Å². The van der Waals surface area contributed by atoms with Crippen molar-refractivity contribution in [2.24, 2.45) is 5.73 Å². The topological polar surface area (TPSA) is 61.6 Å². The van der Waals surface area contributed by atoms with Crippen LogP contribution in [0.2, 0.25) is 0 Å². The molecule has 0 unspecified atom stereocenters. The number of ether oxygens (including phenoxy) is 2. The molecule has 0 aliphatic carbocycles. The first kappa shape index (κ1) is 19.5. The van der Waals surface area contributed by atoms with Crippen LogP contribution in [0.3, 0.4) is 0 Å². The highest BCUT2D eigenvalue weighted by Gasteiger charge is 2.44. The number of halogens is 8. The lowest BCUT2D eigenvalue weighted by atomic mass is 10.2. The van der Waals surface area contributed by atoms with Crippen molar-refractivity contribution in [3.8, 4) is 11.5 Å². The van der Waals surface area contributed by atoms with Crippen molar-refractivity contribution in [2.45, 2.75) is 23.5 Å². The zero-order chi connectivity index (χ0) is 18.0. The average molecular weight is 386 g/mol. The van der Waals surface area contributed by atoms with Gasteiger partial charge in [-0.2, -0.15) is 17.6 Å². The second kappa shape index (κ2) is 6.91. The molecule has 4 nitrogen and oxygen atoms in total. The summed E-state index contributed by atoms with van der Waals surface area (Å²) in [6, 6.07) is 1.70. The van der Waals surface area contributed by atoms with Gasteiger partial charge in [-0.05, 0) is 12.1 Å². The number of hydrogen-bond donors (Lipinski definition) is 1. The quantitative estimate of drug-likeness (QED) is 0.573. The van der Waals surface area contributed by atoms with E-state index in [1.807, 2.05) is 0 Å². The predicted molar refractivity (Wildman–Crippen MR) is 67.6 cm³/mol. The lowest BCUT2D eigenvalue weighted by molar-refractivity contribution is -0.202. The number of nitrogens with two attached hydrogens (primary N) is 1. The van der Waals surface area contributed by atoms with Crippen LogP contribution in [0.1, 0.15) is 10.4 Å². The van der Waals surface area contributed by atoms with Crippen LogP contribution in [0.4, 0.5) is 26.3 Å². The maximum atomic E-state index is 13.1. The number of benzene rings is 1. The van der Waals surface area contributed by atoms with E-state index in [4.69, 9.17) is 5.73 Å². The van der Waals surface area contributed by atoms with Crippen LogP contribution >= 0.6 is 23.2 Å². The highest BCUT2D eigenvalue weighted by atomic mass is 35.5. The van der Waals surface area contributed by atoms with Crippen LogP contribution in [0.5, 0.6) is 11.5 Å². The maximum absolute atomic E-state index is 13.1. The third-order valence-electron chi connectivity index (χ3n) is 2.23. The van der Waals surface area contributed by atoms with Crippen molar-refractivity contribution >= 4 is 29.1 Å². The first-order valence-corrected chi connectivity index (χ1v) is 6.38. The SMILES string of the molecule is NC(=O)c1ccc(OC(F)(F)[C@@H](F)Cl)cc1OC(F)(F)[C@@H](F)Cl. The lowest BCUT2D eigenvalue weighted by Crippen LogP contribution is -2.34. The van der Waals surface area contributed by atoms with E-state index >= 15 is 0 Å². The molecule has 0 saturated carbocycles. The van der Waals surface area contributed by atoms with Gasteiger partial charge in [-0.3, -0.25) is 4.79 Å². The van der Waals surface area contributed by atoms with Gasteiger partial charge in [0.25, 0.3) is 17.2 Å². The van der Waals surface area contributed by atoms with E-state index in [2.05, 4.69) is 32.7 Å². The summed E-state index contributed by atoms with van der Waals surface area (Å²) in [5, 5.41) is 0. The Morgan fingerprint density at radius 1 is 1.04 bits per heavy atom. The average Bonchev–Trinajstić information content (AvgIpc) is 2.37. The molecule has 0 aromatic heterocycles. The zero-order valence-electron chi connectivity index (χ0n) is 10.7. The van der Waals surface area contributed by atoms with Crippen molar-refractivity contribution < 1.29 is 40.6 Å². The van der Waals surface area contributed by atoms with Crippen LogP contribution in [-0.2, 0) is 0 Å². The molecule has 1 rings (SSSR count). The maximum Gasteiger partial charge on any atom is 0.444 e. The Hall–Kier alpha value is -1.55. The highest BCUT2D eigenvalue weighted by molar-refractivity contribution is 6.20. The van der Waals surface area contributed by atoms with Crippen molar-refractivity contribution in [3.05, 3.63) is 23.8 Å². The second-order valence-electron chi connectivity index (χ2n) is 3.95. The summed E-state index contributed by atoms with van der Waals surface area (Å²) in [5.74, 6) is -3.30. The molecule has 0 saturated heterocycles. The monoisotopic (exact) mass is 385 g/mol. The molecule has 0 fully saturated rings. The molecule has 0 radical (unpaired) electrons. The number of hydrogen-bond acceptors (Lipinski definition) is 3. The van der Waals surface area contributed by atoms with Crippen LogP contribution in [0, 0.1) is 0 Å². The molecule has 0 spiro atoms. The van der Waals surface area contributed by atoms with Gasteiger partial charge in [0.2, 0.25) is 0 Å². The first-order valence-electron chi connectivity index (χ1n) is 5.50. The second-order valence-corrected chi connectivity index (χ2v) is 4.72. The van der Waals surface area contributed by atoms with E-state index in [1.54, 1.807) is 0 Å². The normalized spacial score (nSPS) is 15.0. The number of carbonyl (C=O) groups is 1. The minimum Gasteiger partial charge on any atom is -0.429 e. The molecule has 12 heteroatoms. The fraction of sp³-hybridized carbons (Fsp3) is 0.364. The zero-order valence-corrected chi connectivity index (χ0v) is 12.2. The summed E-state index contributed by atoms with van der Waals surface area (Å²) in [5.41, 5.74) is -2.39. The van der Waals surface area contributed by atoms with Gasteiger partial charge >= 0.3 is 12.2 Å². The Morgan fingerprint density at radius 2 is 1.52 bits per heavy atom. The third kappa shape index (κ3) is 4.96. The summed E-state index contributed by atoms with van der Waals surface area (Å²) in [4.78, 5) is 11.1. The van der Waals surface area contributed by atoms with E-state index in [-0.39, 0.29) is 0 Å². The fourth-order valence-corrected chi connectivity index (χ4v) is 1.34. The molecule has 0 aliphatic heterocycles. The minimum absolute atomic E-state index is 0.348. The summed E-state index contributed by atoms with van der Waals surface area (Å²) >= 11 is 9.12. The third-order valence-corrected chi connectivity index (χ3v) is 2.73. The number of alkyl halides is 8. The Kier molecular flexibility index (Phi) is 5.86. The van der Waals surface area contributed by atoms with Crippen molar-refractivity contribution in [2.75, 3.05) is 0 Å². The predicted octanol–water partition coefficient (Wildman–Crippen LogP) is 3.80. The highest BCUT2D eigenvalue weighted by Crippen LogP contribution is 2.35. The Labute approximate surface area is 135 Å². The molecule has 0 aliphatic rings. The van der Waals surface area contributed by atoms with E-state index in [0.29, 0.717) is 18.2 Å². The smallest absolute Gasteiger partial charge is 0.429 e. The minimum atomic E-state index is -4.61. The molecule has 130 valence electrons. The van der Waals surface area contributed by atoms with Gasteiger partial charge in [0, 0.05) is 6.07 Å². The molecule has 1 aromatic rings. The van der Waals surface area contributed by atoms with E-state index < -0.39 is 46.4 Å². The molecule has 1 aromatic carbocycles. The summed E-state index contributed by atoms with van der Waals surface area (Å²) in [7, 11) is 0. The van der Waals surface area contributed by atoms with Crippen LogP contribution in [-0.4, -0.2) is 29.4 Å². The molecule has 1 amide bonds. The summed E-state index contributed by atoms with van der Waals surface area (Å²) in [6.07, 6.45) is -9.12. The van der Waals surface area contributed by atoms with Crippen LogP contribution in [0.15, 0.2) is 18.2 Å². The van der Waals surface area contributed by atoms with Gasteiger partial charge in [-0.1, -0.05) is 23.2 Å². The molecular formula is C11H7Cl2F6NO3. The molecule has 2 atom stereocenters. The van der Waals surface area contributed by atoms with E-state index in [1.165, 1.54) is 0 Å². The first-order chi connectivity index (χ1) is 10.4. The van der Waals surface area contributed by atoms with Gasteiger partial charge in [-0.15, -0.1) is 0 Å². The number of primary amides is 1. The molecule has 23 heavy (non-hydrogen) atoms. The van der Waals surface area contributed by atoms with Crippen molar-refractivity contribution in [1.82, 2.24) is 0 Å². The molecular weight excluding hydrogens is 379 g/mol. The lowest BCUT2D eigenvalue weighted by Gasteiger charge is -2.21. The standard InChI is InChI=1S/C11H7Cl2F6NO3/c12-8(14)10(16,17)22-4-1-2-5(7(20)21)6(3-4)23-11(18,19)9(13)15/h1-3,8-9H,(H2,20,21)/t8-,9-/m1/s1. The Balaban J connectivity index is 3.21. The van der Waals surface area contributed by atoms with Gasteiger partial charge in [0.15, 0.2) is 0 Å². The van der Waals surface area contributed by atoms with Crippen LogP contribution < -0.4 is 15.2 Å². The molecule has 0 bridgehead atoms. The summed E-state index contributed by atoms with van der Waals surface area (Å²) in [6.45, 7) is 0. The number of rotatable bonds is 7.